The first-order valence-corrected chi connectivity index (χ1v) is 6.29. The molecule has 6 heteroatoms. The van der Waals surface area contributed by atoms with E-state index in [1.165, 1.54) is 6.07 Å². The average Bonchev–Trinajstić information content (AvgIpc) is 2.49. The monoisotopic (exact) mass is 263 g/mol. The minimum Gasteiger partial charge on any atom is -0.347 e. The smallest absolute Gasteiger partial charge is 0.250 e. The van der Waals surface area contributed by atoms with Crippen LogP contribution in [0.5, 0.6) is 0 Å². The van der Waals surface area contributed by atoms with E-state index in [1.807, 2.05) is 6.92 Å². The molecule has 1 unspecified atom stereocenters. The van der Waals surface area contributed by atoms with Crippen LogP contribution >= 0.6 is 0 Å². The number of nitrogens with one attached hydrogen (secondary N) is 1. The Kier molecular flexibility index (Phi) is 3.99. The summed E-state index contributed by atoms with van der Waals surface area (Å²) in [4.78, 5) is 36.5. The lowest BCUT2D eigenvalue weighted by Gasteiger charge is -2.26. The summed E-state index contributed by atoms with van der Waals surface area (Å²) in [7, 11) is 0. The van der Waals surface area contributed by atoms with E-state index in [-0.39, 0.29) is 30.0 Å². The minimum atomic E-state index is -0.144. The lowest BCUT2D eigenvalue weighted by atomic mass is 10.2. The van der Waals surface area contributed by atoms with Crippen LogP contribution in [0.15, 0.2) is 29.2 Å². The van der Waals surface area contributed by atoms with E-state index in [1.54, 1.807) is 27.8 Å². The van der Waals surface area contributed by atoms with E-state index in [9.17, 15) is 14.4 Å². The highest BCUT2D eigenvalue weighted by atomic mass is 16.2. The van der Waals surface area contributed by atoms with Crippen molar-refractivity contribution in [1.82, 2.24) is 14.8 Å². The first-order chi connectivity index (χ1) is 9.08. The highest BCUT2D eigenvalue weighted by molar-refractivity contribution is 5.87. The van der Waals surface area contributed by atoms with Crippen LogP contribution in [-0.2, 0) is 16.1 Å². The summed E-state index contributed by atoms with van der Waals surface area (Å²) >= 11 is 0. The van der Waals surface area contributed by atoms with Gasteiger partial charge in [0, 0.05) is 37.8 Å². The maximum atomic E-state index is 11.9. The lowest BCUT2D eigenvalue weighted by Crippen LogP contribution is -2.42. The zero-order chi connectivity index (χ0) is 13.8. The number of hydrogen-bond donors (Lipinski definition) is 1. The van der Waals surface area contributed by atoms with Crippen molar-refractivity contribution in [2.45, 2.75) is 25.9 Å². The molecule has 102 valence electrons. The molecule has 2 amide bonds. The van der Waals surface area contributed by atoms with Crippen LogP contribution in [0, 0.1) is 0 Å². The summed E-state index contributed by atoms with van der Waals surface area (Å²) in [5, 5.41) is 2.57. The van der Waals surface area contributed by atoms with E-state index >= 15 is 0 Å². The quantitative estimate of drug-likeness (QED) is 0.805. The van der Waals surface area contributed by atoms with Gasteiger partial charge in [-0.05, 0) is 13.0 Å². The van der Waals surface area contributed by atoms with E-state index < -0.39 is 0 Å². The molecule has 6 nitrogen and oxygen atoms in total. The molecule has 1 aromatic heterocycles. The fraction of sp³-hybridized carbons (Fsp3) is 0.462. The molecule has 0 aromatic carbocycles. The van der Waals surface area contributed by atoms with E-state index in [0.717, 1.165) is 0 Å². The Hall–Kier alpha value is -2.11. The third-order valence-corrected chi connectivity index (χ3v) is 3.25. The van der Waals surface area contributed by atoms with Gasteiger partial charge in [-0.2, -0.15) is 0 Å². The van der Waals surface area contributed by atoms with Gasteiger partial charge in [-0.15, -0.1) is 0 Å². The van der Waals surface area contributed by atoms with Crippen molar-refractivity contribution >= 4 is 11.8 Å². The summed E-state index contributed by atoms with van der Waals surface area (Å²) in [5.74, 6) is -0.220. The Balaban J connectivity index is 2.05. The van der Waals surface area contributed by atoms with Gasteiger partial charge < -0.3 is 14.8 Å². The van der Waals surface area contributed by atoms with E-state index in [4.69, 9.17) is 0 Å². The molecule has 1 fully saturated rings. The van der Waals surface area contributed by atoms with Crippen molar-refractivity contribution in [2.75, 3.05) is 13.1 Å². The van der Waals surface area contributed by atoms with Crippen LogP contribution in [0.4, 0.5) is 0 Å². The van der Waals surface area contributed by atoms with Gasteiger partial charge >= 0.3 is 0 Å². The minimum absolute atomic E-state index is 0.0346. The normalized spacial score (nSPS) is 20.1. The first-order valence-electron chi connectivity index (χ1n) is 6.29. The largest absolute Gasteiger partial charge is 0.347 e. The summed E-state index contributed by atoms with van der Waals surface area (Å²) in [6.45, 7) is 2.74. The lowest BCUT2D eigenvalue weighted by molar-refractivity contribution is -0.131. The second-order valence-corrected chi connectivity index (χ2v) is 4.65. The highest BCUT2D eigenvalue weighted by Crippen LogP contribution is 2.07. The van der Waals surface area contributed by atoms with Gasteiger partial charge in [0.1, 0.15) is 0 Å². The molecule has 19 heavy (non-hydrogen) atoms. The predicted molar refractivity (Wildman–Crippen MR) is 69.5 cm³/mol. The molecule has 1 saturated heterocycles. The standard InChI is InChI=1S/C13H17N3O3/c1-10-8-11(17)14-9-13(19)16(10)7-6-15-5-3-2-4-12(15)18/h2-5,10H,6-9H2,1H3,(H,14,17). The van der Waals surface area contributed by atoms with Gasteiger partial charge in [-0.25, -0.2) is 0 Å². The fourth-order valence-electron chi connectivity index (χ4n) is 2.18. The number of rotatable bonds is 3. The van der Waals surface area contributed by atoms with Crippen LogP contribution in [0.25, 0.3) is 0 Å². The average molecular weight is 263 g/mol. The molecule has 2 heterocycles. The van der Waals surface area contributed by atoms with Crippen LogP contribution in [-0.4, -0.2) is 40.4 Å². The Labute approximate surface area is 111 Å². The Morgan fingerprint density at radius 2 is 2.05 bits per heavy atom. The molecule has 0 radical (unpaired) electrons. The molecule has 1 aliphatic rings. The molecule has 1 N–H and O–H groups in total. The maximum Gasteiger partial charge on any atom is 0.250 e. The van der Waals surface area contributed by atoms with Crippen molar-refractivity contribution < 1.29 is 9.59 Å². The van der Waals surface area contributed by atoms with Crippen LogP contribution in [0.1, 0.15) is 13.3 Å². The van der Waals surface area contributed by atoms with Gasteiger partial charge in [0.15, 0.2) is 0 Å². The number of carbonyl (C=O) groups is 2. The van der Waals surface area contributed by atoms with E-state index in [0.29, 0.717) is 19.5 Å². The van der Waals surface area contributed by atoms with Crippen LogP contribution < -0.4 is 10.9 Å². The topological polar surface area (TPSA) is 71.4 Å². The number of nitrogens with zero attached hydrogens (tertiary/aromatic N) is 2. The van der Waals surface area contributed by atoms with Gasteiger partial charge in [0.2, 0.25) is 11.8 Å². The molecule has 0 spiro atoms. The third kappa shape index (κ3) is 3.21. The summed E-state index contributed by atoms with van der Waals surface area (Å²) in [6, 6.07) is 4.80. The van der Waals surface area contributed by atoms with Gasteiger partial charge in [-0.3, -0.25) is 14.4 Å². The molecule has 2 rings (SSSR count). The summed E-state index contributed by atoms with van der Waals surface area (Å²) in [5.41, 5.74) is -0.0911. The van der Waals surface area contributed by atoms with E-state index in [2.05, 4.69) is 5.32 Å². The molecule has 0 bridgehead atoms. The molecule has 1 atom stereocenters. The molecule has 0 aliphatic carbocycles. The fourth-order valence-corrected chi connectivity index (χ4v) is 2.18. The Bertz CT molecular complexity index is 538. The predicted octanol–water partition coefficient (Wildman–Crippen LogP) is -0.415. The van der Waals surface area contributed by atoms with Crippen LogP contribution in [0.2, 0.25) is 0 Å². The number of carbonyl (C=O) groups excluding carboxylic acids is 2. The molecule has 1 aliphatic heterocycles. The second kappa shape index (κ2) is 5.69. The van der Waals surface area contributed by atoms with Gasteiger partial charge in [0.05, 0.1) is 6.54 Å². The van der Waals surface area contributed by atoms with Crippen molar-refractivity contribution in [3.05, 3.63) is 34.7 Å². The SMILES string of the molecule is CC1CC(=O)NCC(=O)N1CCn1ccccc1=O. The number of hydrogen-bond acceptors (Lipinski definition) is 3. The summed E-state index contributed by atoms with van der Waals surface area (Å²) < 4.78 is 1.56. The molecular formula is C13H17N3O3. The Morgan fingerprint density at radius 1 is 1.26 bits per heavy atom. The molecule has 1 aromatic rings. The zero-order valence-electron chi connectivity index (χ0n) is 10.8. The maximum absolute atomic E-state index is 11.9. The third-order valence-electron chi connectivity index (χ3n) is 3.25. The highest BCUT2D eigenvalue weighted by Gasteiger charge is 2.25. The number of amides is 2. The van der Waals surface area contributed by atoms with Gasteiger partial charge in [0.25, 0.3) is 5.56 Å². The van der Waals surface area contributed by atoms with Crippen molar-refractivity contribution in [2.24, 2.45) is 0 Å². The van der Waals surface area contributed by atoms with Crippen molar-refractivity contribution in [3.63, 3.8) is 0 Å². The second-order valence-electron chi connectivity index (χ2n) is 4.65. The molecular weight excluding hydrogens is 246 g/mol. The molecule has 0 saturated carbocycles. The van der Waals surface area contributed by atoms with Crippen molar-refractivity contribution in [3.8, 4) is 0 Å². The van der Waals surface area contributed by atoms with Crippen LogP contribution in [0.3, 0.4) is 0 Å². The summed E-state index contributed by atoms with van der Waals surface area (Å²) in [6.07, 6.45) is 1.99. The van der Waals surface area contributed by atoms with Crippen molar-refractivity contribution in [1.29, 1.82) is 0 Å². The number of pyridine rings is 1. The Morgan fingerprint density at radius 3 is 2.79 bits per heavy atom. The number of aromatic nitrogens is 1. The zero-order valence-corrected chi connectivity index (χ0v) is 10.8. The first kappa shape index (κ1) is 13.3. The van der Waals surface area contributed by atoms with Gasteiger partial charge in [-0.1, -0.05) is 6.07 Å².